The predicted molar refractivity (Wildman–Crippen MR) is 97.6 cm³/mol. The summed E-state index contributed by atoms with van der Waals surface area (Å²) in [7, 11) is 0. The van der Waals surface area contributed by atoms with E-state index in [4.69, 9.17) is 0 Å². The van der Waals surface area contributed by atoms with Crippen LogP contribution in [0.5, 0.6) is 0 Å². The molecule has 4 nitrogen and oxygen atoms in total. The van der Waals surface area contributed by atoms with Crippen molar-refractivity contribution in [2.45, 2.75) is 31.7 Å². The molecule has 26 heavy (non-hydrogen) atoms. The molecule has 0 N–H and O–H groups in total. The molecule has 1 aliphatic carbocycles. The molecule has 2 amide bonds. The van der Waals surface area contributed by atoms with Gasteiger partial charge in [-0.2, -0.15) is 0 Å². The second kappa shape index (κ2) is 6.71. The Bertz CT molecular complexity index is 896. The van der Waals surface area contributed by atoms with Crippen molar-refractivity contribution in [2.24, 2.45) is 0 Å². The number of carbonyl (C=O) groups excluding carboxylic acids is 3. The lowest BCUT2D eigenvalue weighted by Gasteiger charge is -2.24. The first-order chi connectivity index (χ1) is 12.6. The molecular weight excluding hydrogens is 326 g/mol. The van der Waals surface area contributed by atoms with Gasteiger partial charge >= 0.3 is 0 Å². The molecule has 0 spiro atoms. The highest BCUT2D eigenvalue weighted by Crippen LogP contribution is 2.39. The molecule has 0 saturated carbocycles. The maximum absolute atomic E-state index is 12.9. The van der Waals surface area contributed by atoms with E-state index in [2.05, 4.69) is 0 Å². The minimum atomic E-state index is -0.336. The van der Waals surface area contributed by atoms with Crippen LogP contribution in [-0.2, 0) is 22.4 Å². The van der Waals surface area contributed by atoms with Gasteiger partial charge in [0.2, 0.25) is 0 Å². The van der Waals surface area contributed by atoms with Crippen molar-refractivity contribution in [3.05, 3.63) is 82.9 Å². The Balaban J connectivity index is 1.60. The monoisotopic (exact) mass is 345 g/mol. The Morgan fingerprint density at radius 2 is 1.69 bits per heavy atom. The van der Waals surface area contributed by atoms with Crippen molar-refractivity contribution >= 4 is 17.6 Å². The number of fused-ring (bicyclic) bond motifs is 1. The van der Waals surface area contributed by atoms with E-state index < -0.39 is 0 Å². The van der Waals surface area contributed by atoms with E-state index in [0.717, 1.165) is 23.1 Å². The third-order valence-corrected chi connectivity index (χ3v) is 5.16. The van der Waals surface area contributed by atoms with Gasteiger partial charge in [0.15, 0.2) is 5.78 Å². The number of Topliss-reactive ketones (excluding diaryl/α,β-unsaturated/α-hetero) is 1. The Hall–Kier alpha value is -3.01. The molecule has 0 fully saturated rings. The number of nitrogens with zero attached hydrogens (tertiary/aromatic N) is 1. The van der Waals surface area contributed by atoms with Crippen LogP contribution in [0.4, 0.5) is 0 Å². The summed E-state index contributed by atoms with van der Waals surface area (Å²) in [6.07, 6.45) is 5.15. The lowest BCUT2D eigenvalue weighted by molar-refractivity contribution is -0.139. The third kappa shape index (κ3) is 2.88. The SMILES string of the molecule is O=C(CCc1ccccc1)c1cccc2c1[C@@H](N1C(=O)C=CC1=O)CC2. The molecular formula is C22H19NO3. The number of ketones is 1. The number of rotatable bonds is 5. The second-order valence-electron chi connectivity index (χ2n) is 6.72. The van der Waals surface area contributed by atoms with Gasteiger partial charge in [-0.05, 0) is 36.0 Å². The molecule has 2 aromatic carbocycles. The normalized spacial score (nSPS) is 18.5. The van der Waals surface area contributed by atoms with Crippen molar-refractivity contribution in [3.8, 4) is 0 Å². The summed E-state index contributed by atoms with van der Waals surface area (Å²) in [5.74, 6) is -0.525. The summed E-state index contributed by atoms with van der Waals surface area (Å²) < 4.78 is 0. The second-order valence-corrected chi connectivity index (χ2v) is 6.72. The minimum Gasteiger partial charge on any atom is -0.294 e. The van der Waals surface area contributed by atoms with E-state index >= 15 is 0 Å². The number of hydrogen-bond acceptors (Lipinski definition) is 3. The van der Waals surface area contributed by atoms with Crippen LogP contribution in [0.1, 0.15) is 45.9 Å². The quantitative estimate of drug-likeness (QED) is 0.616. The molecule has 0 saturated heterocycles. The standard InChI is InChI=1S/C22H19NO3/c24-19(12-9-15-5-2-1-3-6-15)17-8-4-7-16-10-11-18(22(16)17)23-20(25)13-14-21(23)26/h1-8,13-14,18H,9-12H2/t18-/m0/s1. The summed E-state index contributed by atoms with van der Waals surface area (Å²) in [5.41, 5.74) is 3.69. The molecule has 2 aromatic rings. The topological polar surface area (TPSA) is 54.5 Å². The van der Waals surface area contributed by atoms with Crippen LogP contribution in [0.2, 0.25) is 0 Å². The first-order valence-electron chi connectivity index (χ1n) is 8.89. The Morgan fingerprint density at radius 3 is 2.42 bits per heavy atom. The molecule has 1 aliphatic heterocycles. The zero-order valence-corrected chi connectivity index (χ0v) is 14.4. The molecule has 4 rings (SSSR count). The van der Waals surface area contributed by atoms with Gasteiger partial charge in [0, 0.05) is 24.1 Å². The van der Waals surface area contributed by atoms with Crippen LogP contribution in [-0.4, -0.2) is 22.5 Å². The van der Waals surface area contributed by atoms with Crippen molar-refractivity contribution in [1.82, 2.24) is 4.90 Å². The van der Waals surface area contributed by atoms with Gasteiger partial charge in [0.25, 0.3) is 11.8 Å². The summed E-state index contributed by atoms with van der Waals surface area (Å²) in [4.78, 5) is 38.4. The summed E-state index contributed by atoms with van der Waals surface area (Å²) in [6.45, 7) is 0. The molecule has 1 atom stereocenters. The van der Waals surface area contributed by atoms with Crippen LogP contribution in [0.3, 0.4) is 0 Å². The number of benzene rings is 2. The van der Waals surface area contributed by atoms with Gasteiger partial charge < -0.3 is 0 Å². The highest BCUT2D eigenvalue weighted by atomic mass is 16.2. The minimum absolute atomic E-state index is 0.0599. The van der Waals surface area contributed by atoms with Crippen molar-refractivity contribution in [3.63, 3.8) is 0 Å². The lowest BCUT2D eigenvalue weighted by atomic mass is 9.94. The van der Waals surface area contributed by atoms with Crippen LogP contribution >= 0.6 is 0 Å². The molecule has 4 heteroatoms. The zero-order valence-electron chi connectivity index (χ0n) is 14.4. The first-order valence-corrected chi connectivity index (χ1v) is 8.89. The molecule has 2 aliphatic rings. The van der Waals surface area contributed by atoms with Crippen molar-refractivity contribution in [1.29, 1.82) is 0 Å². The fourth-order valence-corrected chi connectivity index (χ4v) is 3.92. The lowest BCUT2D eigenvalue weighted by Crippen LogP contribution is -2.33. The van der Waals surface area contributed by atoms with Crippen LogP contribution in [0.15, 0.2) is 60.7 Å². The number of hydrogen-bond donors (Lipinski definition) is 0. The predicted octanol–water partition coefficient (Wildman–Crippen LogP) is 3.41. The molecule has 0 aromatic heterocycles. The number of carbonyl (C=O) groups is 3. The zero-order chi connectivity index (χ0) is 18.1. The molecule has 1 heterocycles. The van der Waals surface area contributed by atoms with E-state index in [1.165, 1.54) is 17.1 Å². The van der Waals surface area contributed by atoms with Crippen molar-refractivity contribution < 1.29 is 14.4 Å². The van der Waals surface area contributed by atoms with E-state index in [9.17, 15) is 14.4 Å². The van der Waals surface area contributed by atoms with Gasteiger partial charge in [-0.3, -0.25) is 19.3 Å². The van der Waals surface area contributed by atoms with Crippen LogP contribution in [0.25, 0.3) is 0 Å². The van der Waals surface area contributed by atoms with Crippen molar-refractivity contribution in [2.75, 3.05) is 0 Å². The summed E-state index contributed by atoms with van der Waals surface area (Å²) >= 11 is 0. The van der Waals surface area contributed by atoms with Gasteiger partial charge in [-0.1, -0.05) is 48.5 Å². The highest BCUT2D eigenvalue weighted by Gasteiger charge is 2.38. The van der Waals surface area contributed by atoms with Gasteiger partial charge in [-0.15, -0.1) is 0 Å². The fraction of sp³-hybridized carbons (Fsp3) is 0.227. The summed E-state index contributed by atoms with van der Waals surface area (Å²) in [6, 6.07) is 15.3. The van der Waals surface area contributed by atoms with Gasteiger partial charge in [0.05, 0.1) is 6.04 Å². The first kappa shape index (κ1) is 16.5. The Labute approximate surface area is 152 Å². The van der Waals surface area contributed by atoms with Gasteiger partial charge in [-0.25, -0.2) is 0 Å². The van der Waals surface area contributed by atoms with Crippen LogP contribution < -0.4 is 0 Å². The van der Waals surface area contributed by atoms with E-state index in [1.54, 1.807) is 0 Å². The smallest absolute Gasteiger partial charge is 0.254 e. The molecule has 0 bridgehead atoms. The van der Waals surface area contributed by atoms with E-state index in [1.807, 2.05) is 48.5 Å². The number of imide groups is 1. The average molecular weight is 345 g/mol. The molecule has 0 unspecified atom stereocenters. The molecule has 0 radical (unpaired) electrons. The molecule has 130 valence electrons. The number of aryl methyl sites for hydroxylation is 2. The third-order valence-electron chi connectivity index (χ3n) is 5.16. The maximum atomic E-state index is 12.9. The fourth-order valence-electron chi connectivity index (χ4n) is 3.92. The van der Waals surface area contributed by atoms with Crippen LogP contribution in [0, 0.1) is 0 Å². The number of amides is 2. The van der Waals surface area contributed by atoms with E-state index in [0.29, 0.717) is 24.8 Å². The highest BCUT2D eigenvalue weighted by molar-refractivity contribution is 6.13. The summed E-state index contributed by atoms with van der Waals surface area (Å²) in [5, 5.41) is 0. The maximum Gasteiger partial charge on any atom is 0.254 e. The largest absolute Gasteiger partial charge is 0.294 e. The average Bonchev–Trinajstić information content (AvgIpc) is 3.23. The van der Waals surface area contributed by atoms with E-state index in [-0.39, 0.29) is 23.6 Å². The Morgan fingerprint density at radius 1 is 0.962 bits per heavy atom. The van der Waals surface area contributed by atoms with Gasteiger partial charge in [0.1, 0.15) is 0 Å². The Kier molecular flexibility index (Phi) is 4.25.